The number of aryl methyl sites for hydroxylation is 1. The number of nitrogens with two attached hydrogens (primary N) is 1. The Bertz CT molecular complexity index is 699. The molecule has 4 atom stereocenters. The number of ether oxygens (including phenoxy) is 1. The van der Waals surface area contributed by atoms with E-state index in [1.54, 1.807) is 13.8 Å². The van der Waals surface area contributed by atoms with Gasteiger partial charge in [-0.2, -0.15) is 0 Å². The highest BCUT2D eigenvalue weighted by Crippen LogP contribution is 2.44. The maximum Gasteiger partial charge on any atom is 0.368 e. The van der Waals surface area contributed by atoms with Crippen molar-refractivity contribution in [2.24, 2.45) is 11.8 Å². The minimum atomic E-state index is -1.09. The predicted molar refractivity (Wildman–Crippen MR) is 85.6 cm³/mol. The van der Waals surface area contributed by atoms with E-state index in [9.17, 15) is 14.4 Å². The van der Waals surface area contributed by atoms with Crippen LogP contribution in [-0.2, 0) is 19.1 Å². The fourth-order valence-electron chi connectivity index (χ4n) is 4.14. The maximum atomic E-state index is 12.8. The molecule has 2 N–H and O–H groups in total. The van der Waals surface area contributed by atoms with Gasteiger partial charge in [-0.3, -0.25) is 14.5 Å². The van der Waals surface area contributed by atoms with Crippen LogP contribution in [0.5, 0.6) is 0 Å². The molecule has 0 radical (unpaired) electrons. The zero-order valence-electron chi connectivity index (χ0n) is 14.4. The molecule has 2 heterocycles. The number of carbonyl (C=O) groups excluding carboxylic acids is 3. The van der Waals surface area contributed by atoms with E-state index in [4.69, 9.17) is 4.74 Å². The second kappa shape index (κ2) is 5.70. The van der Waals surface area contributed by atoms with Crippen LogP contribution in [0.25, 0.3) is 0 Å². The van der Waals surface area contributed by atoms with Gasteiger partial charge in [0.15, 0.2) is 0 Å². The first-order valence-electron chi connectivity index (χ1n) is 8.21. The number of benzene rings is 1. The Morgan fingerprint density at radius 2 is 1.88 bits per heavy atom. The Labute approximate surface area is 141 Å². The molecule has 0 spiro atoms. The molecule has 0 saturated carbocycles. The molecule has 1 aromatic carbocycles. The van der Waals surface area contributed by atoms with Crippen molar-refractivity contribution in [2.45, 2.75) is 32.4 Å². The number of hydrogen-bond acceptors (Lipinski definition) is 4. The molecule has 3 rings (SSSR count). The lowest BCUT2D eigenvalue weighted by atomic mass is 9.80. The van der Waals surface area contributed by atoms with E-state index in [0.29, 0.717) is 6.54 Å². The van der Waals surface area contributed by atoms with Crippen molar-refractivity contribution in [1.29, 1.82) is 0 Å². The Hall–Kier alpha value is -2.21. The lowest BCUT2D eigenvalue weighted by Crippen LogP contribution is -2.97. The summed E-state index contributed by atoms with van der Waals surface area (Å²) in [5.74, 6) is -2.16. The molecule has 128 valence electrons. The normalized spacial score (nSPS) is 32.2. The summed E-state index contributed by atoms with van der Waals surface area (Å²) in [6.07, 6.45) is 0. The number of amides is 2. The summed E-state index contributed by atoms with van der Waals surface area (Å²) in [5.41, 5.74) is 0.974. The van der Waals surface area contributed by atoms with E-state index < -0.39 is 23.3 Å². The fraction of sp³-hybridized carbons (Fsp3) is 0.500. The highest BCUT2D eigenvalue weighted by molar-refractivity contribution is 6.08. The standard InChI is InChI=1S/C18H22N2O4/c1-5-20-15(21)12-13(16(20)22)18(3,17(23)24-4)19-14(12)11-8-6-10(2)7-9-11/h6-9,12-14,19H,5H2,1-4H3/p+1/t12-,13+,14+,18-/m1/s1. The zero-order chi connectivity index (χ0) is 17.6. The van der Waals surface area contributed by atoms with E-state index in [1.165, 1.54) is 12.0 Å². The van der Waals surface area contributed by atoms with Crippen LogP contribution in [0.4, 0.5) is 0 Å². The highest BCUT2D eigenvalue weighted by Gasteiger charge is 2.70. The van der Waals surface area contributed by atoms with Crippen molar-refractivity contribution < 1.29 is 24.4 Å². The molecular weight excluding hydrogens is 308 g/mol. The maximum absolute atomic E-state index is 12.8. The van der Waals surface area contributed by atoms with Gasteiger partial charge in [-0.1, -0.05) is 29.8 Å². The van der Waals surface area contributed by atoms with Crippen LogP contribution in [-0.4, -0.2) is 41.9 Å². The monoisotopic (exact) mass is 331 g/mol. The van der Waals surface area contributed by atoms with Gasteiger partial charge >= 0.3 is 5.97 Å². The Morgan fingerprint density at radius 3 is 2.42 bits per heavy atom. The van der Waals surface area contributed by atoms with Gasteiger partial charge in [0.1, 0.15) is 17.9 Å². The lowest BCUT2D eigenvalue weighted by molar-refractivity contribution is -0.731. The van der Waals surface area contributed by atoms with Gasteiger partial charge in [-0.15, -0.1) is 0 Å². The quantitative estimate of drug-likeness (QED) is 0.632. The van der Waals surface area contributed by atoms with E-state index in [-0.39, 0.29) is 17.9 Å². The summed E-state index contributed by atoms with van der Waals surface area (Å²) in [6.45, 7) is 5.79. The number of likely N-dealkylation sites (tertiary alicyclic amines) is 1. The van der Waals surface area contributed by atoms with Crippen LogP contribution in [0.3, 0.4) is 0 Å². The van der Waals surface area contributed by atoms with Crippen molar-refractivity contribution in [2.75, 3.05) is 13.7 Å². The molecule has 0 unspecified atom stereocenters. The van der Waals surface area contributed by atoms with E-state index in [1.807, 2.05) is 36.5 Å². The zero-order valence-corrected chi connectivity index (χ0v) is 14.4. The molecule has 0 aromatic heterocycles. The van der Waals surface area contributed by atoms with Crippen molar-refractivity contribution in [3.63, 3.8) is 0 Å². The minimum absolute atomic E-state index is 0.193. The van der Waals surface area contributed by atoms with Crippen LogP contribution < -0.4 is 5.32 Å². The molecule has 1 aromatic rings. The molecule has 0 aliphatic carbocycles. The van der Waals surface area contributed by atoms with Gasteiger partial charge in [0, 0.05) is 19.0 Å². The number of fused-ring (bicyclic) bond motifs is 1. The Kier molecular flexibility index (Phi) is 3.95. The second-order valence-corrected chi connectivity index (χ2v) is 6.80. The fourth-order valence-corrected chi connectivity index (χ4v) is 4.14. The average molecular weight is 331 g/mol. The number of esters is 1. The van der Waals surface area contributed by atoms with Gasteiger partial charge in [-0.05, 0) is 13.8 Å². The molecule has 0 bridgehead atoms. The Morgan fingerprint density at radius 1 is 1.25 bits per heavy atom. The largest absolute Gasteiger partial charge is 0.464 e. The second-order valence-electron chi connectivity index (χ2n) is 6.80. The summed E-state index contributed by atoms with van der Waals surface area (Å²) in [7, 11) is 1.31. The first-order valence-corrected chi connectivity index (χ1v) is 8.21. The smallest absolute Gasteiger partial charge is 0.368 e. The van der Waals surface area contributed by atoms with Crippen LogP contribution in [0, 0.1) is 18.8 Å². The number of quaternary nitrogens is 1. The van der Waals surface area contributed by atoms with Gasteiger partial charge in [-0.25, -0.2) is 4.79 Å². The van der Waals surface area contributed by atoms with Crippen LogP contribution in [0.15, 0.2) is 24.3 Å². The van der Waals surface area contributed by atoms with Crippen molar-refractivity contribution >= 4 is 17.8 Å². The van der Waals surface area contributed by atoms with Crippen LogP contribution in [0.1, 0.15) is 31.0 Å². The lowest BCUT2D eigenvalue weighted by Gasteiger charge is -2.25. The third kappa shape index (κ3) is 2.17. The number of rotatable bonds is 3. The van der Waals surface area contributed by atoms with Crippen molar-refractivity contribution in [1.82, 2.24) is 4.90 Å². The molecule has 2 aliphatic rings. The SMILES string of the molecule is CCN1C(=O)[C@@H]2[C@@H](C1=O)[C@](C)(C(=O)OC)[NH2+][C@H]2c1ccc(C)cc1. The molecule has 6 nitrogen and oxygen atoms in total. The number of hydrogen-bond donors (Lipinski definition) is 1. The molecule has 2 fully saturated rings. The van der Waals surface area contributed by atoms with Gasteiger partial charge in [0.25, 0.3) is 0 Å². The van der Waals surface area contributed by atoms with E-state index in [0.717, 1.165) is 11.1 Å². The Balaban J connectivity index is 2.09. The summed E-state index contributed by atoms with van der Waals surface area (Å²) in [5, 5.41) is 1.83. The van der Waals surface area contributed by atoms with Gasteiger partial charge < -0.3 is 10.1 Å². The van der Waals surface area contributed by atoms with Crippen molar-refractivity contribution in [3.05, 3.63) is 35.4 Å². The third-order valence-electron chi connectivity index (χ3n) is 5.40. The molecule has 6 heteroatoms. The number of methoxy groups -OCH3 is 1. The first-order chi connectivity index (χ1) is 11.3. The summed E-state index contributed by atoms with van der Waals surface area (Å²) >= 11 is 0. The van der Waals surface area contributed by atoms with E-state index in [2.05, 4.69) is 0 Å². The molecule has 24 heavy (non-hydrogen) atoms. The predicted octanol–water partition coefficient (Wildman–Crippen LogP) is 0.166. The number of nitrogens with zero attached hydrogens (tertiary/aromatic N) is 1. The number of carbonyl (C=O) groups is 3. The number of imide groups is 1. The van der Waals surface area contributed by atoms with Crippen LogP contribution >= 0.6 is 0 Å². The molecule has 2 saturated heterocycles. The summed E-state index contributed by atoms with van der Waals surface area (Å²) in [6, 6.07) is 7.61. The molecule has 2 aliphatic heterocycles. The third-order valence-corrected chi connectivity index (χ3v) is 5.40. The van der Waals surface area contributed by atoms with E-state index >= 15 is 0 Å². The van der Waals surface area contributed by atoms with Crippen molar-refractivity contribution in [3.8, 4) is 0 Å². The minimum Gasteiger partial charge on any atom is -0.464 e. The van der Waals surface area contributed by atoms with Gasteiger partial charge in [0.05, 0.1) is 7.11 Å². The molecule has 2 amide bonds. The summed E-state index contributed by atoms with van der Waals surface area (Å²) < 4.78 is 4.95. The van der Waals surface area contributed by atoms with Gasteiger partial charge in [0.2, 0.25) is 17.4 Å². The average Bonchev–Trinajstić information content (AvgIpc) is 3.02. The topological polar surface area (TPSA) is 80.3 Å². The summed E-state index contributed by atoms with van der Waals surface area (Å²) in [4.78, 5) is 39.3. The first kappa shape index (κ1) is 16.6. The highest BCUT2D eigenvalue weighted by atomic mass is 16.5. The van der Waals surface area contributed by atoms with Crippen LogP contribution in [0.2, 0.25) is 0 Å². The molecular formula is C18H23N2O4+.